The van der Waals surface area contributed by atoms with Gasteiger partial charge in [0.25, 0.3) is 5.91 Å². The first-order chi connectivity index (χ1) is 11.8. The lowest BCUT2D eigenvalue weighted by atomic mass is 10.2. The smallest absolute Gasteiger partial charge is 0.252 e. The number of benzene rings is 1. The molecule has 0 saturated carbocycles. The molecule has 1 atom stereocenters. The molecule has 1 fully saturated rings. The van der Waals surface area contributed by atoms with E-state index in [0.29, 0.717) is 12.6 Å². The maximum absolute atomic E-state index is 12.4. The van der Waals surface area contributed by atoms with E-state index in [1.54, 1.807) is 24.3 Å². The fourth-order valence-electron chi connectivity index (χ4n) is 2.72. The van der Waals surface area contributed by atoms with Crippen LogP contribution in [0.2, 0.25) is 0 Å². The summed E-state index contributed by atoms with van der Waals surface area (Å²) in [5, 5.41) is 3.01. The van der Waals surface area contributed by atoms with Gasteiger partial charge in [0, 0.05) is 42.7 Å². The summed E-state index contributed by atoms with van der Waals surface area (Å²) in [4.78, 5) is 17.5. The van der Waals surface area contributed by atoms with Crippen LogP contribution in [0.4, 0.5) is 0 Å². The molecule has 2 heterocycles. The van der Waals surface area contributed by atoms with Crippen molar-refractivity contribution >= 4 is 17.7 Å². The van der Waals surface area contributed by atoms with Crippen molar-refractivity contribution in [1.82, 2.24) is 14.9 Å². The Morgan fingerprint density at radius 1 is 1.42 bits per heavy atom. The van der Waals surface area contributed by atoms with Gasteiger partial charge in [-0.2, -0.15) is 0 Å². The van der Waals surface area contributed by atoms with Crippen LogP contribution in [0, 0.1) is 0 Å². The van der Waals surface area contributed by atoms with Crippen LogP contribution < -0.4 is 5.32 Å². The molecule has 6 heteroatoms. The second-order valence-corrected chi connectivity index (χ2v) is 6.91. The van der Waals surface area contributed by atoms with Crippen LogP contribution >= 0.6 is 11.8 Å². The van der Waals surface area contributed by atoms with Gasteiger partial charge in [0.2, 0.25) is 0 Å². The van der Waals surface area contributed by atoms with Gasteiger partial charge in [0.05, 0.1) is 18.0 Å². The predicted octanol–water partition coefficient (Wildman–Crippen LogP) is 2.97. The molecule has 0 aliphatic carbocycles. The molecule has 1 N–H and O–H groups in total. The summed E-state index contributed by atoms with van der Waals surface area (Å²) in [6.07, 6.45) is 8.95. The number of nitrogens with zero attached hydrogens (tertiary/aromatic N) is 2. The quantitative estimate of drug-likeness (QED) is 0.590. The summed E-state index contributed by atoms with van der Waals surface area (Å²) in [7, 11) is 0. The van der Waals surface area contributed by atoms with E-state index in [-0.39, 0.29) is 5.91 Å². The van der Waals surface area contributed by atoms with E-state index in [9.17, 15) is 4.79 Å². The highest BCUT2D eigenvalue weighted by Gasteiger charge is 2.17. The fraction of sp³-hybridized carbons (Fsp3) is 0.444. The molecule has 1 aliphatic heterocycles. The number of thioether (sulfide) groups is 1. The molecule has 128 valence electrons. The number of amides is 1. The Hall–Kier alpha value is -1.79. The van der Waals surface area contributed by atoms with Gasteiger partial charge in [-0.15, -0.1) is 11.8 Å². The first-order valence-electron chi connectivity index (χ1n) is 8.40. The van der Waals surface area contributed by atoms with Crippen LogP contribution in [0.15, 0.2) is 47.9 Å². The summed E-state index contributed by atoms with van der Waals surface area (Å²) >= 11 is 1.71. The third-order valence-corrected chi connectivity index (χ3v) is 5.22. The standard InChI is InChI=1S/C18H23N3O2S/c22-18(20-8-4-10-21-11-9-19-14-21)16-6-1-2-7-17(16)24-13-15-5-3-12-23-15/h1-2,6-7,9,11,14-15H,3-5,8,10,12-13H2,(H,20,22). The molecule has 0 bridgehead atoms. The highest BCUT2D eigenvalue weighted by Crippen LogP contribution is 2.26. The van der Waals surface area contributed by atoms with Gasteiger partial charge in [0.1, 0.15) is 0 Å². The number of hydrogen-bond donors (Lipinski definition) is 1. The molecule has 1 unspecified atom stereocenters. The van der Waals surface area contributed by atoms with Crippen LogP contribution in [0.3, 0.4) is 0 Å². The average molecular weight is 345 g/mol. The molecule has 0 radical (unpaired) electrons. The van der Waals surface area contributed by atoms with Crippen molar-refractivity contribution in [2.75, 3.05) is 18.9 Å². The zero-order chi connectivity index (χ0) is 16.6. The highest BCUT2D eigenvalue weighted by molar-refractivity contribution is 7.99. The molecule has 24 heavy (non-hydrogen) atoms. The van der Waals surface area contributed by atoms with Gasteiger partial charge < -0.3 is 14.6 Å². The third kappa shape index (κ3) is 4.85. The number of nitrogens with one attached hydrogen (secondary N) is 1. The van der Waals surface area contributed by atoms with E-state index in [0.717, 1.165) is 48.6 Å². The van der Waals surface area contributed by atoms with E-state index < -0.39 is 0 Å². The molecule has 1 aliphatic rings. The minimum Gasteiger partial charge on any atom is -0.377 e. The number of imidazole rings is 1. The summed E-state index contributed by atoms with van der Waals surface area (Å²) < 4.78 is 7.67. The molecule has 1 aromatic heterocycles. The lowest BCUT2D eigenvalue weighted by Gasteiger charge is -2.12. The van der Waals surface area contributed by atoms with E-state index >= 15 is 0 Å². The zero-order valence-electron chi connectivity index (χ0n) is 13.7. The van der Waals surface area contributed by atoms with Gasteiger partial charge in [-0.1, -0.05) is 12.1 Å². The van der Waals surface area contributed by atoms with Crippen molar-refractivity contribution in [3.05, 3.63) is 48.5 Å². The van der Waals surface area contributed by atoms with Crippen molar-refractivity contribution in [2.45, 2.75) is 36.8 Å². The van der Waals surface area contributed by atoms with Crippen molar-refractivity contribution in [3.8, 4) is 0 Å². The molecule has 3 rings (SSSR count). The Bertz CT molecular complexity index is 639. The van der Waals surface area contributed by atoms with E-state index in [1.165, 1.54) is 0 Å². The number of carbonyl (C=O) groups is 1. The SMILES string of the molecule is O=C(NCCCn1ccnc1)c1ccccc1SCC1CCCO1. The van der Waals surface area contributed by atoms with Gasteiger partial charge in [-0.25, -0.2) is 4.98 Å². The molecular weight excluding hydrogens is 322 g/mol. The van der Waals surface area contributed by atoms with Crippen LogP contribution in [-0.4, -0.2) is 40.5 Å². The summed E-state index contributed by atoms with van der Waals surface area (Å²) in [6, 6.07) is 7.80. The monoisotopic (exact) mass is 345 g/mol. The maximum Gasteiger partial charge on any atom is 0.252 e. The second kappa shape index (κ2) is 8.89. The molecule has 1 amide bonds. The topological polar surface area (TPSA) is 56.2 Å². The summed E-state index contributed by atoms with van der Waals surface area (Å²) in [5.41, 5.74) is 0.753. The number of aromatic nitrogens is 2. The molecule has 1 saturated heterocycles. The van der Waals surface area contributed by atoms with Gasteiger partial charge in [-0.05, 0) is 31.4 Å². The Kier molecular flexibility index (Phi) is 6.32. The van der Waals surface area contributed by atoms with Crippen LogP contribution in [-0.2, 0) is 11.3 Å². The molecular formula is C18H23N3O2S. The fourth-order valence-corrected chi connectivity index (χ4v) is 3.84. The van der Waals surface area contributed by atoms with Gasteiger partial charge in [-0.3, -0.25) is 4.79 Å². The van der Waals surface area contributed by atoms with Crippen molar-refractivity contribution in [1.29, 1.82) is 0 Å². The highest BCUT2D eigenvalue weighted by atomic mass is 32.2. The van der Waals surface area contributed by atoms with Crippen LogP contribution in [0.25, 0.3) is 0 Å². The normalized spacial score (nSPS) is 17.1. The number of aryl methyl sites for hydroxylation is 1. The lowest BCUT2D eigenvalue weighted by molar-refractivity contribution is 0.0949. The summed E-state index contributed by atoms with van der Waals surface area (Å²) in [5.74, 6) is 0.904. The third-order valence-electron chi connectivity index (χ3n) is 4.02. The van der Waals surface area contributed by atoms with Gasteiger partial charge in [0.15, 0.2) is 0 Å². The number of rotatable bonds is 8. The Morgan fingerprint density at radius 3 is 3.12 bits per heavy atom. The molecule has 2 aromatic rings. The number of carbonyl (C=O) groups excluding carboxylic acids is 1. The second-order valence-electron chi connectivity index (χ2n) is 5.85. The van der Waals surface area contributed by atoms with Crippen molar-refractivity contribution in [3.63, 3.8) is 0 Å². The molecule has 5 nitrogen and oxygen atoms in total. The Balaban J connectivity index is 1.48. The van der Waals surface area contributed by atoms with E-state index in [4.69, 9.17) is 4.74 Å². The minimum atomic E-state index is -0.00364. The minimum absolute atomic E-state index is 0.00364. The Labute approximate surface area is 146 Å². The molecule has 0 spiro atoms. The van der Waals surface area contributed by atoms with Crippen LogP contribution in [0.5, 0.6) is 0 Å². The first kappa shape index (κ1) is 17.0. The number of ether oxygens (including phenoxy) is 1. The lowest BCUT2D eigenvalue weighted by Crippen LogP contribution is -2.25. The average Bonchev–Trinajstić information content (AvgIpc) is 3.30. The summed E-state index contributed by atoms with van der Waals surface area (Å²) in [6.45, 7) is 2.38. The molecule has 1 aromatic carbocycles. The van der Waals surface area contributed by atoms with E-state index in [1.807, 2.05) is 35.0 Å². The predicted molar refractivity (Wildman–Crippen MR) is 95.3 cm³/mol. The first-order valence-corrected chi connectivity index (χ1v) is 9.39. The number of hydrogen-bond acceptors (Lipinski definition) is 4. The Morgan fingerprint density at radius 2 is 2.33 bits per heavy atom. The zero-order valence-corrected chi connectivity index (χ0v) is 14.5. The van der Waals surface area contributed by atoms with Gasteiger partial charge >= 0.3 is 0 Å². The van der Waals surface area contributed by atoms with E-state index in [2.05, 4.69) is 10.3 Å². The van der Waals surface area contributed by atoms with Crippen molar-refractivity contribution < 1.29 is 9.53 Å². The largest absolute Gasteiger partial charge is 0.377 e. The van der Waals surface area contributed by atoms with Crippen molar-refractivity contribution in [2.24, 2.45) is 0 Å². The maximum atomic E-state index is 12.4. The van der Waals surface area contributed by atoms with Crippen LogP contribution in [0.1, 0.15) is 29.6 Å².